The van der Waals surface area contributed by atoms with Gasteiger partial charge in [-0.2, -0.15) is 0 Å². The second kappa shape index (κ2) is 5.38. The molecule has 0 saturated heterocycles. The van der Waals surface area contributed by atoms with Crippen molar-refractivity contribution in [1.29, 1.82) is 0 Å². The van der Waals surface area contributed by atoms with E-state index >= 15 is 0 Å². The molecule has 1 nitrogen and oxygen atoms in total. The minimum absolute atomic E-state index is 0.193. The van der Waals surface area contributed by atoms with Crippen molar-refractivity contribution < 1.29 is 4.39 Å². The van der Waals surface area contributed by atoms with Crippen LogP contribution in [-0.2, 0) is 0 Å². The Morgan fingerprint density at radius 2 is 2.12 bits per heavy atom. The molecule has 1 aromatic rings. The van der Waals surface area contributed by atoms with Crippen molar-refractivity contribution in [2.24, 2.45) is 5.92 Å². The number of aryl methyl sites for hydroxylation is 1. The quantitative estimate of drug-likeness (QED) is 0.820. The Morgan fingerprint density at radius 3 is 2.82 bits per heavy atom. The Morgan fingerprint density at radius 1 is 1.35 bits per heavy atom. The molecule has 0 heterocycles. The van der Waals surface area contributed by atoms with Gasteiger partial charge in [-0.15, -0.1) is 0 Å². The van der Waals surface area contributed by atoms with Gasteiger partial charge in [-0.25, -0.2) is 4.39 Å². The average Bonchev–Trinajstić information content (AvgIpc) is 2.26. The van der Waals surface area contributed by atoms with Crippen LogP contribution in [0.3, 0.4) is 0 Å². The molecular weight excluding hydrogens is 281 g/mol. The van der Waals surface area contributed by atoms with Gasteiger partial charge >= 0.3 is 0 Å². The summed E-state index contributed by atoms with van der Waals surface area (Å²) in [5.41, 5.74) is 2.03. The molecule has 2 unspecified atom stereocenters. The number of halogens is 2. The van der Waals surface area contributed by atoms with Gasteiger partial charge in [0.15, 0.2) is 0 Å². The van der Waals surface area contributed by atoms with Crippen LogP contribution in [0.25, 0.3) is 0 Å². The van der Waals surface area contributed by atoms with Gasteiger partial charge < -0.3 is 5.32 Å². The lowest BCUT2D eigenvalue weighted by atomic mass is 9.87. The van der Waals surface area contributed by atoms with Gasteiger partial charge in [-0.3, -0.25) is 0 Å². The van der Waals surface area contributed by atoms with Crippen molar-refractivity contribution in [3.8, 4) is 0 Å². The van der Waals surface area contributed by atoms with Crippen LogP contribution < -0.4 is 5.32 Å². The maximum atomic E-state index is 13.5. The lowest BCUT2D eigenvalue weighted by molar-refractivity contribution is 0.358. The minimum atomic E-state index is -0.193. The van der Waals surface area contributed by atoms with E-state index in [4.69, 9.17) is 0 Å². The number of anilines is 1. The summed E-state index contributed by atoms with van der Waals surface area (Å²) in [6.45, 7) is 4.31. The second-order valence-electron chi connectivity index (χ2n) is 5.19. The Hall–Kier alpha value is -0.570. The first-order chi connectivity index (χ1) is 8.06. The Labute approximate surface area is 111 Å². The number of nitrogens with one attached hydrogen (secondary N) is 1. The molecule has 1 saturated carbocycles. The van der Waals surface area contributed by atoms with Crippen molar-refractivity contribution in [3.05, 3.63) is 28.0 Å². The maximum Gasteiger partial charge on any atom is 0.139 e. The topological polar surface area (TPSA) is 12.0 Å². The zero-order chi connectivity index (χ0) is 12.4. The highest BCUT2D eigenvalue weighted by Crippen LogP contribution is 2.29. The Balaban J connectivity index is 2.10. The largest absolute Gasteiger partial charge is 0.382 e. The Bertz CT molecular complexity index is 405. The predicted octanol–water partition coefficient (Wildman–Crippen LogP) is 4.89. The summed E-state index contributed by atoms with van der Waals surface area (Å²) in [5, 5.41) is 3.49. The van der Waals surface area contributed by atoms with E-state index in [9.17, 15) is 4.39 Å². The van der Waals surface area contributed by atoms with E-state index in [1.807, 2.05) is 13.0 Å². The van der Waals surface area contributed by atoms with Crippen molar-refractivity contribution in [1.82, 2.24) is 0 Å². The van der Waals surface area contributed by atoms with Crippen molar-refractivity contribution in [2.75, 3.05) is 5.32 Å². The van der Waals surface area contributed by atoms with E-state index in [2.05, 4.69) is 28.2 Å². The lowest BCUT2D eigenvalue weighted by Crippen LogP contribution is -2.26. The number of rotatable bonds is 2. The molecule has 0 spiro atoms. The molecule has 0 aliphatic heterocycles. The molecule has 0 radical (unpaired) electrons. The molecule has 1 aliphatic rings. The minimum Gasteiger partial charge on any atom is -0.382 e. The molecule has 1 aromatic carbocycles. The first-order valence-electron chi connectivity index (χ1n) is 6.28. The smallest absolute Gasteiger partial charge is 0.139 e. The fraction of sp³-hybridized carbons (Fsp3) is 0.571. The Kier molecular flexibility index (Phi) is 4.08. The van der Waals surface area contributed by atoms with Crippen LogP contribution in [-0.4, -0.2) is 6.04 Å². The summed E-state index contributed by atoms with van der Waals surface area (Å²) in [7, 11) is 0. The van der Waals surface area contributed by atoms with Gasteiger partial charge in [-0.05, 0) is 59.3 Å². The van der Waals surface area contributed by atoms with Crippen LogP contribution in [0.4, 0.5) is 10.1 Å². The highest BCUT2D eigenvalue weighted by molar-refractivity contribution is 9.10. The summed E-state index contributed by atoms with van der Waals surface area (Å²) < 4.78 is 14.0. The van der Waals surface area contributed by atoms with Gasteiger partial charge in [0, 0.05) is 11.7 Å². The molecule has 0 amide bonds. The first kappa shape index (κ1) is 12.9. The van der Waals surface area contributed by atoms with E-state index in [0.29, 0.717) is 10.5 Å². The predicted molar refractivity (Wildman–Crippen MR) is 73.9 cm³/mol. The number of benzene rings is 1. The molecular formula is C14H19BrFN. The van der Waals surface area contributed by atoms with Gasteiger partial charge in [-0.1, -0.05) is 19.8 Å². The molecule has 1 N–H and O–H groups in total. The van der Waals surface area contributed by atoms with E-state index in [-0.39, 0.29) is 5.82 Å². The van der Waals surface area contributed by atoms with Crippen molar-refractivity contribution in [3.63, 3.8) is 0 Å². The molecule has 1 aliphatic carbocycles. The van der Waals surface area contributed by atoms with Crippen LogP contribution in [0.1, 0.15) is 38.2 Å². The zero-order valence-corrected chi connectivity index (χ0v) is 12.0. The van der Waals surface area contributed by atoms with Crippen molar-refractivity contribution >= 4 is 21.6 Å². The molecule has 2 atom stereocenters. The summed E-state index contributed by atoms with van der Waals surface area (Å²) in [6, 6.07) is 3.93. The summed E-state index contributed by atoms with van der Waals surface area (Å²) in [6.07, 6.45) is 4.99. The van der Waals surface area contributed by atoms with E-state index in [1.165, 1.54) is 25.7 Å². The monoisotopic (exact) mass is 299 g/mol. The average molecular weight is 300 g/mol. The van der Waals surface area contributed by atoms with Gasteiger partial charge in [0.2, 0.25) is 0 Å². The molecule has 3 heteroatoms. The molecule has 94 valence electrons. The number of hydrogen-bond acceptors (Lipinski definition) is 1. The second-order valence-corrected chi connectivity index (χ2v) is 6.05. The van der Waals surface area contributed by atoms with Gasteiger partial charge in [0.1, 0.15) is 5.82 Å². The highest BCUT2D eigenvalue weighted by Gasteiger charge is 2.19. The third-order valence-corrected chi connectivity index (χ3v) is 4.17. The fourth-order valence-corrected chi connectivity index (χ4v) is 3.04. The SMILES string of the molecule is Cc1cc(Br)c(F)cc1NC1CCCC(C)C1. The zero-order valence-electron chi connectivity index (χ0n) is 10.4. The standard InChI is InChI=1S/C14H19BrFN/c1-9-4-3-5-11(6-9)17-14-8-13(16)12(15)7-10(14)2/h7-9,11,17H,3-6H2,1-2H3. The molecule has 2 rings (SSSR count). The lowest BCUT2D eigenvalue weighted by Gasteiger charge is -2.29. The van der Waals surface area contributed by atoms with Crippen LogP contribution in [0.2, 0.25) is 0 Å². The van der Waals surface area contributed by atoms with Crippen LogP contribution in [0.5, 0.6) is 0 Å². The van der Waals surface area contributed by atoms with Crippen molar-refractivity contribution in [2.45, 2.75) is 45.6 Å². The highest BCUT2D eigenvalue weighted by atomic mass is 79.9. The number of hydrogen-bond donors (Lipinski definition) is 1. The molecule has 1 fully saturated rings. The first-order valence-corrected chi connectivity index (χ1v) is 7.07. The molecule has 0 bridgehead atoms. The van der Waals surface area contributed by atoms with Crippen LogP contribution >= 0.6 is 15.9 Å². The van der Waals surface area contributed by atoms with E-state index < -0.39 is 0 Å². The molecule has 17 heavy (non-hydrogen) atoms. The van der Waals surface area contributed by atoms with Gasteiger partial charge in [0.05, 0.1) is 4.47 Å². The normalized spacial score (nSPS) is 24.7. The van der Waals surface area contributed by atoms with Crippen LogP contribution in [0.15, 0.2) is 16.6 Å². The summed E-state index contributed by atoms with van der Waals surface area (Å²) >= 11 is 3.21. The maximum absolute atomic E-state index is 13.5. The third-order valence-electron chi connectivity index (χ3n) is 3.56. The van der Waals surface area contributed by atoms with E-state index in [0.717, 1.165) is 17.2 Å². The summed E-state index contributed by atoms with van der Waals surface area (Å²) in [5.74, 6) is 0.587. The third kappa shape index (κ3) is 3.21. The van der Waals surface area contributed by atoms with Crippen LogP contribution in [0, 0.1) is 18.7 Å². The van der Waals surface area contributed by atoms with E-state index in [1.54, 1.807) is 6.07 Å². The van der Waals surface area contributed by atoms with Gasteiger partial charge in [0.25, 0.3) is 0 Å². The summed E-state index contributed by atoms with van der Waals surface area (Å²) in [4.78, 5) is 0. The fourth-order valence-electron chi connectivity index (χ4n) is 2.59. The molecule has 0 aromatic heterocycles.